The van der Waals surface area contributed by atoms with E-state index in [0.29, 0.717) is 37.5 Å². The Labute approximate surface area is 184 Å². The second-order valence-electron chi connectivity index (χ2n) is 7.81. The first kappa shape index (κ1) is 24.0. The maximum absolute atomic E-state index is 13.1. The quantitative estimate of drug-likeness (QED) is 0.633. The highest BCUT2D eigenvalue weighted by molar-refractivity contribution is 5.92. The van der Waals surface area contributed by atoms with Gasteiger partial charge in [-0.1, -0.05) is 13.8 Å². The molecule has 1 aromatic heterocycles. The molecule has 0 bridgehead atoms. The van der Waals surface area contributed by atoms with Gasteiger partial charge in [0.05, 0.1) is 24.8 Å². The van der Waals surface area contributed by atoms with Gasteiger partial charge in [-0.3, -0.25) is 4.79 Å². The Balaban J connectivity index is 2.11. The Morgan fingerprint density at radius 1 is 1.19 bits per heavy atom. The van der Waals surface area contributed by atoms with Crippen LogP contribution in [0.15, 0.2) is 42.6 Å². The lowest BCUT2D eigenvalue weighted by molar-refractivity contribution is -0.133. The van der Waals surface area contributed by atoms with Crippen molar-refractivity contribution in [3.05, 3.63) is 53.9 Å². The van der Waals surface area contributed by atoms with Gasteiger partial charge in [-0.2, -0.15) is 5.26 Å². The van der Waals surface area contributed by atoms with E-state index in [2.05, 4.69) is 5.32 Å². The summed E-state index contributed by atoms with van der Waals surface area (Å²) in [6.45, 7) is 5.70. The van der Waals surface area contributed by atoms with E-state index in [9.17, 15) is 9.59 Å². The zero-order valence-corrected chi connectivity index (χ0v) is 18.7. The number of carbonyl (C=O) groups is 2. The molecule has 0 aliphatic carbocycles. The van der Waals surface area contributed by atoms with Crippen LogP contribution in [0.1, 0.15) is 25.1 Å². The molecule has 8 heteroatoms. The molecule has 0 spiro atoms. The Bertz CT molecular complexity index is 899. The second kappa shape index (κ2) is 11.8. The molecule has 0 aliphatic rings. The number of urea groups is 1. The van der Waals surface area contributed by atoms with E-state index in [1.807, 2.05) is 49.9 Å². The summed E-state index contributed by atoms with van der Waals surface area (Å²) in [6.07, 6.45) is 1.93. The van der Waals surface area contributed by atoms with Crippen molar-refractivity contribution < 1.29 is 14.3 Å². The number of methoxy groups -OCH3 is 1. The van der Waals surface area contributed by atoms with Crippen LogP contribution in [0.2, 0.25) is 0 Å². The predicted octanol–water partition coefficient (Wildman–Crippen LogP) is 3.06. The number of ether oxygens (including phenoxy) is 1. The van der Waals surface area contributed by atoms with E-state index in [1.54, 1.807) is 36.3 Å². The minimum atomic E-state index is -0.350. The summed E-state index contributed by atoms with van der Waals surface area (Å²) in [5.41, 5.74) is 2.09. The zero-order chi connectivity index (χ0) is 22.8. The standard InChI is InChI=1S/C23H31N5O3/c1-18(2)15-28(23(30)25-20-9-7-19(14-24)8-10-20)17-22(29)27(12-13-31-4)16-21-6-5-11-26(21)3/h5-11,18H,12-13,15-17H2,1-4H3,(H,25,30). The summed E-state index contributed by atoms with van der Waals surface area (Å²) in [4.78, 5) is 29.3. The number of nitriles is 1. The highest BCUT2D eigenvalue weighted by atomic mass is 16.5. The van der Waals surface area contributed by atoms with Gasteiger partial charge in [0.25, 0.3) is 0 Å². The van der Waals surface area contributed by atoms with Crippen LogP contribution in [0.3, 0.4) is 0 Å². The molecule has 166 valence electrons. The number of aromatic nitrogens is 1. The fraction of sp³-hybridized carbons (Fsp3) is 0.435. The molecule has 0 saturated heterocycles. The van der Waals surface area contributed by atoms with Crippen LogP contribution >= 0.6 is 0 Å². The van der Waals surface area contributed by atoms with Crippen LogP contribution in [0.25, 0.3) is 0 Å². The number of benzene rings is 1. The zero-order valence-electron chi connectivity index (χ0n) is 18.7. The molecule has 0 aliphatic heterocycles. The van der Waals surface area contributed by atoms with Crippen LogP contribution < -0.4 is 5.32 Å². The van der Waals surface area contributed by atoms with Gasteiger partial charge in [0, 0.05) is 44.8 Å². The third-order valence-electron chi connectivity index (χ3n) is 4.79. The molecule has 0 unspecified atom stereocenters. The Hall–Kier alpha value is -3.31. The second-order valence-corrected chi connectivity index (χ2v) is 7.81. The largest absolute Gasteiger partial charge is 0.383 e. The van der Waals surface area contributed by atoms with E-state index >= 15 is 0 Å². The molecule has 3 amide bonds. The van der Waals surface area contributed by atoms with Crippen molar-refractivity contribution in [2.24, 2.45) is 13.0 Å². The molecular formula is C23H31N5O3. The first-order valence-electron chi connectivity index (χ1n) is 10.3. The summed E-state index contributed by atoms with van der Waals surface area (Å²) >= 11 is 0. The number of aryl methyl sites for hydroxylation is 1. The van der Waals surface area contributed by atoms with Gasteiger partial charge in [-0.05, 0) is 42.3 Å². The van der Waals surface area contributed by atoms with E-state index < -0.39 is 0 Å². The number of hydrogen-bond donors (Lipinski definition) is 1. The fourth-order valence-corrected chi connectivity index (χ4v) is 3.10. The summed E-state index contributed by atoms with van der Waals surface area (Å²) in [7, 11) is 3.53. The van der Waals surface area contributed by atoms with Gasteiger partial charge in [0.1, 0.15) is 6.54 Å². The van der Waals surface area contributed by atoms with Crippen molar-refractivity contribution in [3.8, 4) is 6.07 Å². The number of hydrogen-bond acceptors (Lipinski definition) is 4. The van der Waals surface area contributed by atoms with Gasteiger partial charge in [-0.15, -0.1) is 0 Å². The van der Waals surface area contributed by atoms with E-state index in [1.165, 1.54) is 4.90 Å². The number of anilines is 1. The number of nitrogens with one attached hydrogen (secondary N) is 1. The molecule has 31 heavy (non-hydrogen) atoms. The lowest BCUT2D eigenvalue weighted by Crippen LogP contribution is -2.46. The van der Waals surface area contributed by atoms with Crippen molar-refractivity contribution in [1.29, 1.82) is 5.26 Å². The monoisotopic (exact) mass is 425 g/mol. The Morgan fingerprint density at radius 3 is 2.45 bits per heavy atom. The van der Waals surface area contributed by atoms with E-state index in [4.69, 9.17) is 10.00 Å². The van der Waals surface area contributed by atoms with Crippen molar-refractivity contribution in [3.63, 3.8) is 0 Å². The van der Waals surface area contributed by atoms with Crippen LogP contribution in [-0.4, -0.2) is 59.7 Å². The van der Waals surface area contributed by atoms with Crippen molar-refractivity contribution in [2.75, 3.05) is 38.7 Å². The number of nitrogens with zero attached hydrogens (tertiary/aromatic N) is 4. The van der Waals surface area contributed by atoms with E-state index in [0.717, 1.165) is 5.69 Å². The Kier molecular flexibility index (Phi) is 9.10. The molecule has 1 N–H and O–H groups in total. The molecule has 0 fully saturated rings. The summed E-state index contributed by atoms with van der Waals surface area (Å²) < 4.78 is 7.14. The first-order chi connectivity index (χ1) is 14.8. The lowest BCUT2D eigenvalue weighted by atomic mass is 10.2. The molecule has 2 rings (SSSR count). The molecule has 1 aromatic carbocycles. The third-order valence-corrected chi connectivity index (χ3v) is 4.79. The van der Waals surface area contributed by atoms with Crippen LogP contribution in [0.4, 0.5) is 10.5 Å². The summed E-state index contributed by atoms with van der Waals surface area (Å²) in [6, 6.07) is 12.2. The van der Waals surface area contributed by atoms with Crippen LogP contribution in [0.5, 0.6) is 0 Å². The fourth-order valence-electron chi connectivity index (χ4n) is 3.10. The van der Waals surface area contributed by atoms with Gasteiger partial charge in [-0.25, -0.2) is 4.79 Å². The topological polar surface area (TPSA) is 90.6 Å². The highest BCUT2D eigenvalue weighted by Crippen LogP contribution is 2.12. The Morgan fingerprint density at radius 2 is 1.90 bits per heavy atom. The van der Waals surface area contributed by atoms with E-state index in [-0.39, 0.29) is 24.4 Å². The normalized spacial score (nSPS) is 10.6. The molecular weight excluding hydrogens is 394 g/mol. The van der Waals surface area contributed by atoms with Crippen molar-refractivity contribution >= 4 is 17.6 Å². The smallest absolute Gasteiger partial charge is 0.322 e. The third kappa shape index (κ3) is 7.46. The maximum atomic E-state index is 13.1. The lowest BCUT2D eigenvalue weighted by Gasteiger charge is -2.29. The first-order valence-corrected chi connectivity index (χ1v) is 10.3. The molecule has 1 heterocycles. The molecule has 8 nitrogen and oxygen atoms in total. The van der Waals surface area contributed by atoms with Crippen LogP contribution in [-0.2, 0) is 23.1 Å². The van der Waals surface area contributed by atoms with Crippen molar-refractivity contribution in [2.45, 2.75) is 20.4 Å². The minimum absolute atomic E-state index is 0.0333. The number of amides is 3. The highest BCUT2D eigenvalue weighted by Gasteiger charge is 2.23. The van der Waals surface area contributed by atoms with Crippen LogP contribution in [0, 0.1) is 17.2 Å². The van der Waals surface area contributed by atoms with Gasteiger partial charge in [0.15, 0.2) is 0 Å². The van der Waals surface area contributed by atoms with Gasteiger partial charge >= 0.3 is 6.03 Å². The molecule has 0 saturated carbocycles. The SMILES string of the molecule is COCCN(Cc1cccn1C)C(=O)CN(CC(C)C)C(=O)Nc1ccc(C#N)cc1. The average Bonchev–Trinajstić information content (AvgIpc) is 3.15. The minimum Gasteiger partial charge on any atom is -0.383 e. The van der Waals surface area contributed by atoms with Crippen molar-refractivity contribution in [1.82, 2.24) is 14.4 Å². The average molecular weight is 426 g/mol. The molecule has 0 atom stereocenters. The predicted molar refractivity (Wildman–Crippen MR) is 119 cm³/mol. The number of carbonyl (C=O) groups excluding carboxylic acids is 2. The summed E-state index contributed by atoms with van der Waals surface area (Å²) in [5.74, 6) is 0.0497. The van der Waals surface area contributed by atoms with Gasteiger partial charge in [0.2, 0.25) is 5.91 Å². The molecule has 2 aromatic rings. The summed E-state index contributed by atoms with van der Waals surface area (Å²) in [5, 5.41) is 11.7. The molecule has 0 radical (unpaired) electrons. The van der Waals surface area contributed by atoms with Gasteiger partial charge < -0.3 is 24.4 Å². The number of rotatable bonds is 10. The maximum Gasteiger partial charge on any atom is 0.322 e.